The molecule has 0 aliphatic carbocycles. The number of aromatic nitrogens is 3. The molecule has 2 aromatic heterocycles. The Balaban J connectivity index is 1.85. The van der Waals surface area contributed by atoms with Crippen LogP contribution in [0.4, 0.5) is 13.2 Å². The van der Waals surface area contributed by atoms with Gasteiger partial charge in [-0.25, -0.2) is 9.97 Å². The number of nitrogens with zero attached hydrogens (tertiary/aromatic N) is 3. The highest BCUT2D eigenvalue weighted by Gasteiger charge is 2.34. The molecule has 0 atom stereocenters. The Hall–Kier alpha value is -3.81. The second-order valence-corrected chi connectivity index (χ2v) is 6.55. The average molecular weight is 409 g/mol. The third-order valence-corrected chi connectivity index (χ3v) is 4.51. The molecule has 0 bridgehead atoms. The molecule has 2 aromatic carbocycles. The van der Waals surface area contributed by atoms with E-state index in [9.17, 15) is 18.0 Å². The van der Waals surface area contributed by atoms with Crippen LogP contribution in [-0.4, -0.2) is 21.2 Å². The molecule has 0 N–H and O–H groups in total. The zero-order chi connectivity index (χ0) is 21.3. The third kappa shape index (κ3) is 3.71. The minimum absolute atomic E-state index is 0.207. The van der Waals surface area contributed by atoms with Crippen LogP contribution in [0.2, 0.25) is 0 Å². The van der Waals surface area contributed by atoms with Gasteiger partial charge in [-0.3, -0.25) is 9.78 Å². The summed E-state index contributed by atoms with van der Waals surface area (Å²) in [4.78, 5) is 22.7. The van der Waals surface area contributed by atoms with Crippen molar-refractivity contribution in [2.24, 2.45) is 0 Å². The monoisotopic (exact) mass is 409 g/mol. The van der Waals surface area contributed by atoms with Crippen LogP contribution in [-0.2, 0) is 6.18 Å². The van der Waals surface area contributed by atoms with Crippen LogP contribution in [0.5, 0.6) is 11.5 Å². The highest BCUT2D eigenvalue weighted by atomic mass is 19.4. The Morgan fingerprint density at radius 3 is 2.37 bits per heavy atom. The minimum atomic E-state index is -4.65. The number of rotatable bonds is 4. The lowest BCUT2D eigenvalue weighted by Crippen LogP contribution is -2.10. The van der Waals surface area contributed by atoms with E-state index in [1.165, 1.54) is 6.20 Å². The van der Waals surface area contributed by atoms with Gasteiger partial charge in [0.1, 0.15) is 11.5 Å². The van der Waals surface area contributed by atoms with E-state index in [4.69, 9.17) is 4.74 Å². The summed E-state index contributed by atoms with van der Waals surface area (Å²) < 4.78 is 44.4. The van der Waals surface area contributed by atoms with Crippen LogP contribution in [0.15, 0.2) is 61.1 Å². The van der Waals surface area contributed by atoms with E-state index in [1.807, 2.05) is 31.2 Å². The number of alkyl halides is 3. The summed E-state index contributed by atoms with van der Waals surface area (Å²) in [7, 11) is 0. The highest BCUT2D eigenvalue weighted by Crippen LogP contribution is 2.35. The van der Waals surface area contributed by atoms with Gasteiger partial charge < -0.3 is 4.74 Å². The van der Waals surface area contributed by atoms with E-state index in [0.29, 0.717) is 34.3 Å². The summed E-state index contributed by atoms with van der Waals surface area (Å²) in [5.74, 6) is -0.0904. The van der Waals surface area contributed by atoms with Gasteiger partial charge in [0.15, 0.2) is 6.29 Å². The summed E-state index contributed by atoms with van der Waals surface area (Å²) in [6.45, 7) is 1.91. The van der Waals surface area contributed by atoms with E-state index < -0.39 is 12.0 Å². The first-order chi connectivity index (χ1) is 14.4. The second-order valence-electron chi connectivity index (χ2n) is 6.55. The fourth-order valence-electron chi connectivity index (χ4n) is 3.06. The summed E-state index contributed by atoms with van der Waals surface area (Å²) >= 11 is 0. The van der Waals surface area contributed by atoms with Gasteiger partial charge in [-0.1, -0.05) is 18.2 Å². The molecule has 0 unspecified atom stereocenters. The number of carbonyl (C=O) groups is 1. The normalized spacial score (nSPS) is 11.5. The molecule has 0 amide bonds. The lowest BCUT2D eigenvalue weighted by Gasteiger charge is -2.13. The van der Waals surface area contributed by atoms with Crippen molar-refractivity contribution in [3.63, 3.8) is 0 Å². The first kappa shape index (κ1) is 19.5. The van der Waals surface area contributed by atoms with Crippen LogP contribution < -0.4 is 4.74 Å². The van der Waals surface area contributed by atoms with E-state index >= 15 is 0 Å². The molecule has 4 rings (SSSR count). The van der Waals surface area contributed by atoms with Crippen molar-refractivity contribution >= 4 is 17.2 Å². The third-order valence-electron chi connectivity index (χ3n) is 4.51. The van der Waals surface area contributed by atoms with Gasteiger partial charge >= 0.3 is 6.18 Å². The van der Waals surface area contributed by atoms with Gasteiger partial charge in [0.2, 0.25) is 5.82 Å². The van der Waals surface area contributed by atoms with Crippen LogP contribution in [0.25, 0.3) is 22.0 Å². The Bertz CT molecular complexity index is 1240. The predicted octanol–water partition coefficient (Wildman–Crippen LogP) is 5.62. The molecule has 0 saturated carbocycles. The molecule has 5 nitrogen and oxygen atoms in total. The maximum absolute atomic E-state index is 12.8. The molecule has 150 valence electrons. The predicted molar refractivity (Wildman–Crippen MR) is 104 cm³/mol. The Kier molecular flexibility index (Phi) is 4.91. The molecular weight excluding hydrogens is 395 g/mol. The van der Waals surface area contributed by atoms with Crippen molar-refractivity contribution in [3.8, 4) is 22.6 Å². The number of carbonyl (C=O) groups excluding carboxylic acids is 1. The molecule has 0 spiro atoms. The van der Waals surface area contributed by atoms with Gasteiger partial charge in [0.05, 0.1) is 5.52 Å². The molecule has 4 aromatic rings. The molecule has 8 heteroatoms. The van der Waals surface area contributed by atoms with Crippen LogP contribution in [0.1, 0.15) is 21.7 Å². The van der Waals surface area contributed by atoms with Gasteiger partial charge in [-0.15, -0.1) is 0 Å². The molecule has 30 heavy (non-hydrogen) atoms. The molecule has 0 radical (unpaired) electrons. The van der Waals surface area contributed by atoms with Crippen LogP contribution >= 0.6 is 0 Å². The van der Waals surface area contributed by atoms with Crippen molar-refractivity contribution in [2.45, 2.75) is 13.1 Å². The SMILES string of the molecule is Cc1ccccc1Oc1ccc2ncc(C=O)c(-c3cnc(C(F)(F)F)nc3)c2c1. The van der Waals surface area contributed by atoms with E-state index in [2.05, 4.69) is 15.0 Å². The number of halogens is 3. The maximum Gasteiger partial charge on any atom is 0.451 e. The summed E-state index contributed by atoms with van der Waals surface area (Å²) in [5, 5.41) is 0.536. The van der Waals surface area contributed by atoms with Gasteiger partial charge in [0.25, 0.3) is 0 Å². The number of hydrogen-bond donors (Lipinski definition) is 0. The van der Waals surface area contributed by atoms with Gasteiger partial charge in [0, 0.05) is 40.7 Å². The van der Waals surface area contributed by atoms with E-state index in [1.54, 1.807) is 18.2 Å². The number of hydrogen-bond acceptors (Lipinski definition) is 5. The van der Waals surface area contributed by atoms with Gasteiger partial charge in [-0.05, 0) is 36.8 Å². The summed E-state index contributed by atoms with van der Waals surface area (Å²) in [6.07, 6.45) is -0.599. The van der Waals surface area contributed by atoms with E-state index in [-0.39, 0.29) is 11.1 Å². The average Bonchev–Trinajstić information content (AvgIpc) is 2.74. The Morgan fingerprint density at radius 2 is 1.70 bits per heavy atom. The molecule has 0 aliphatic heterocycles. The summed E-state index contributed by atoms with van der Waals surface area (Å²) in [6, 6.07) is 12.6. The van der Waals surface area contributed by atoms with E-state index in [0.717, 1.165) is 18.0 Å². The Labute approximate surface area is 169 Å². The first-order valence-electron chi connectivity index (χ1n) is 8.88. The largest absolute Gasteiger partial charge is 0.457 e. The fraction of sp³-hybridized carbons (Fsp3) is 0.0909. The maximum atomic E-state index is 12.8. The fourth-order valence-corrected chi connectivity index (χ4v) is 3.06. The lowest BCUT2D eigenvalue weighted by molar-refractivity contribution is -0.144. The van der Waals surface area contributed by atoms with Crippen molar-refractivity contribution in [1.29, 1.82) is 0 Å². The first-order valence-corrected chi connectivity index (χ1v) is 8.88. The number of pyridine rings is 1. The van der Waals surface area contributed by atoms with Crippen LogP contribution in [0, 0.1) is 6.92 Å². The highest BCUT2D eigenvalue weighted by molar-refractivity contribution is 6.02. The second kappa shape index (κ2) is 7.55. The molecule has 2 heterocycles. The zero-order valence-electron chi connectivity index (χ0n) is 15.6. The summed E-state index contributed by atoms with van der Waals surface area (Å²) in [5.41, 5.74) is 2.35. The minimum Gasteiger partial charge on any atom is -0.457 e. The van der Waals surface area contributed by atoms with Crippen molar-refractivity contribution in [2.75, 3.05) is 0 Å². The Morgan fingerprint density at radius 1 is 0.967 bits per heavy atom. The number of benzene rings is 2. The number of fused-ring (bicyclic) bond motifs is 1. The number of aryl methyl sites for hydroxylation is 1. The molecule has 0 fully saturated rings. The van der Waals surface area contributed by atoms with Gasteiger partial charge in [-0.2, -0.15) is 13.2 Å². The topological polar surface area (TPSA) is 65.0 Å². The number of aldehydes is 1. The molecule has 0 saturated heterocycles. The molecular formula is C22H14F3N3O2. The standard InChI is InChI=1S/C22H14F3N3O2/c1-13-4-2-3-5-19(13)30-16-6-7-18-17(8-16)20(15(12-29)11-26-18)14-9-27-21(28-10-14)22(23,24)25/h2-12H,1H3. The van der Waals surface area contributed by atoms with Crippen molar-refractivity contribution < 1.29 is 22.7 Å². The molecule has 0 aliphatic rings. The number of ether oxygens (including phenoxy) is 1. The lowest BCUT2D eigenvalue weighted by atomic mass is 9.99. The van der Waals surface area contributed by atoms with Crippen molar-refractivity contribution in [1.82, 2.24) is 15.0 Å². The van der Waals surface area contributed by atoms with Crippen molar-refractivity contribution in [3.05, 3.63) is 78.0 Å². The number of para-hydroxylation sites is 1. The zero-order valence-corrected chi connectivity index (χ0v) is 15.6. The quantitative estimate of drug-likeness (QED) is 0.409. The van der Waals surface area contributed by atoms with Crippen LogP contribution in [0.3, 0.4) is 0 Å². The smallest absolute Gasteiger partial charge is 0.451 e.